The van der Waals surface area contributed by atoms with E-state index in [0.29, 0.717) is 0 Å². The van der Waals surface area contributed by atoms with Crippen LogP contribution in [0.15, 0.2) is 0 Å². The summed E-state index contributed by atoms with van der Waals surface area (Å²) in [7, 11) is 0. The summed E-state index contributed by atoms with van der Waals surface area (Å²) >= 11 is 0. The minimum Gasteiger partial charge on any atom is -0.444 e. The van der Waals surface area contributed by atoms with Crippen LogP contribution in [0.2, 0.25) is 0 Å². The van der Waals surface area contributed by atoms with Crippen molar-refractivity contribution in [3.05, 3.63) is 0 Å². The highest BCUT2D eigenvalue weighted by Gasteiger charge is 2.29. The lowest BCUT2D eigenvalue weighted by molar-refractivity contribution is -0.125. The third-order valence-corrected chi connectivity index (χ3v) is 2.08. The maximum Gasteiger partial charge on any atom is 0.408 e. The molecule has 0 aromatic carbocycles. The molecule has 0 aromatic heterocycles. The Morgan fingerprint density at radius 1 is 1.56 bits per heavy atom. The monoisotopic (exact) mass is 230 g/mol. The van der Waals surface area contributed by atoms with Crippen LogP contribution in [-0.2, 0) is 9.53 Å². The number of aliphatic hydroxyl groups is 1. The topological polar surface area (TPSA) is 87.7 Å². The standard InChI is InChI=1S/C10H18N2O4/c1-10(2,3)16-9(15)12-6-5-11-8(14)4-7(6)13/h6-7,13H,4-5H2,1-3H3,(H,11,14)(H,12,15)/t6-,7+/m1/s1. The summed E-state index contributed by atoms with van der Waals surface area (Å²) < 4.78 is 5.04. The fraction of sp³-hybridized carbons (Fsp3) is 0.800. The van der Waals surface area contributed by atoms with Crippen molar-refractivity contribution in [3.8, 4) is 0 Å². The first-order valence-corrected chi connectivity index (χ1v) is 5.22. The Hall–Kier alpha value is -1.30. The van der Waals surface area contributed by atoms with Gasteiger partial charge >= 0.3 is 6.09 Å². The first-order chi connectivity index (χ1) is 7.28. The average Bonchev–Trinajstić information content (AvgIpc) is 2.06. The molecule has 1 fully saturated rings. The molecule has 0 radical (unpaired) electrons. The summed E-state index contributed by atoms with van der Waals surface area (Å²) in [6, 6.07) is -0.493. The number of aliphatic hydroxyl groups excluding tert-OH is 1. The van der Waals surface area contributed by atoms with Crippen LogP contribution in [0.5, 0.6) is 0 Å². The molecule has 1 aliphatic rings. The van der Waals surface area contributed by atoms with Crippen molar-refractivity contribution >= 4 is 12.0 Å². The predicted molar refractivity (Wildman–Crippen MR) is 56.8 cm³/mol. The molecule has 16 heavy (non-hydrogen) atoms. The lowest BCUT2D eigenvalue weighted by Crippen LogP contribution is -2.56. The Labute approximate surface area is 94.3 Å². The number of carbonyl (C=O) groups excluding carboxylic acids is 2. The number of alkyl carbamates (subject to hydrolysis) is 1. The van der Waals surface area contributed by atoms with E-state index in [1.165, 1.54) is 0 Å². The number of carbonyl (C=O) groups is 2. The van der Waals surface area contributed by atoms with Crippen LogP contribution in [0.4, 0.5) is 4.79 Å². The van der Waals surface area contributed by atoms with Gasteiger partial charge in [0.15, 0.2) is 0 Å². The number of hydrogen-bond acceptors (Lipinski definition) is 4. The minimum absolute atomic E-state index is 0.000461. The number of rotatable bonds is 1. The van der Waals surface area contributed by atoms with Gasteiger partial charge in [0, 0.05) is 6.54 Å². The molecular weight excluding hydrogens is 212 g/mol. The fourth-order valence-electron chi connectivity index (χ4n) is 1.37. The van der Waals surface area contributed by atoms with Crippen molar-refractivity contribution in [1.29, 1.82) is 0 Å². The van der Waals surface area contributed by atoms with Gasteiger partial charge in [-0.3, -0.25) is 4.79 Å². The SMILES string of the molecule is CC(C)(C)OC(=O)N[C@@H]1CNC(=O)C[C@@H]1O. The molecule has 1 heterocycles. The van der Waals surface area contributed by atoms with Gasteiger partial charge in [-0.15, -0.1) is 0 Å². The molecule has 1 aliphatic heterocycles. The molecule has 2 amide bonds. The molecule has 6 heteroatoms. The highest BCUT2D eigenvalue weighted by molar-refractivity contribution is 5.78. The van der Waals surface area contributed by atoms with Gasteiger partial charge in [0.1, 0.15) is 5.60 Å². The maximum absolute atomic E-state index is 11.4. The molecule has 0 aromatic rings. The molecule has 0 unspecified atom stereocenters. The Bertz CT molecular complexity index is 285. The molecule has 1 saturated heterocycles. The second-order valence-corrected chi connectivity index (χ2v) is 4.83. The molecule has 6 nitrogen and oxygen atoms in total. The molecule has 3 N–H and O–H groups in total. The molecular formula is C10H18N2O4. The van der Waals surface area contributed by atoms with Crippen LogP contribution >= 0.6 is 0 Å². The van der Waals surface area contributed by atoms with Crippen molar-refractivity contribution in [2.24, 2.45) is 0 Å². The van der Waals surface area contributed by atoms with Crippen LogP contribution in [0.25, 0.3) is 0 Å². The van der Waals surface area contributed by atoms with Crippen molar-refractivity contribution in [1.82, 2.24) is 10.6 Å². The Morgan fingerprint density at radius 2 is 2.19 bits per heavy atom. The smallest absolute Gasteiger partial charge is 0.408 e. The first kappa shape index (κ1) is 12.8. The van der Waals surface area contributed by atoms with E-state index in [4.69, 9.17) is 4.74 Å². The van der Waals surface area contributed by atoms with E-state index in [9.17, 15) is 14.7 Å². The Balaban J connectivity index is 2.42. The zero-order valence-corrected chi connectivity index (χ0v) is 9.74. The van der Waals surface area contributed by atoms with Crippen molar-refractivity contribution in [3.63, 3.8) is 0 Å². The van der Waals surface area contributed by atoms with E-state index in [1.807, 2.05) is 0 Å². The molecule has 2 atom stereocenters. The van der Waals surface area contributed by atoms with Gasteiger partial charge < -0.3 is 20.5 Å². The minimum atomic E-state index is -0.860. The van der Waals surface area contributed by atoms with Crippen LogP contribution in [-0.4, -0.2) is 41.4 Å². The van der Waals surface area contributed by atoms with Crippen LogP contribution in [0, 0.1) is 0 Å². The number of amides is 2. The van der Waals surface area contributed by atoms with Crippen molar-refractivity contribution in [2.45, 2.75) is 44.9 Å². The van der Waals surface area contributed by atoms with E-state index in [-0.39, 0.29) is 18.9 Å². The fourth-order valence-corrected chi connectivity index (χ4v) is 1.37. The summed E-state index contributed by atoms with van der Waals surface area (Å²) in [6.45, 7) is 5.49. The first-order valence-electron chi connectivity index (χ1n) is 5.22. The maximum atomic E-state index is 11.4. The van der Waals surface area contributed by atoms with Gasteiger partial charge in [-0.2, -0.15) is 0 Å². The van der Waals surface area contributed by atoms with Gasteiger partial charge in [0.2, 0.25) is 5.91 Å². The van der Waals surface area contributed by atoms with Crippen molar-refractivity contribution in [2.75, 3.05) is 6.54 Å². The summed E-state index contributed by atoms with van der Waals surface area (Å²) in [5.74, 6) is -0.213. The van der Waals surface area contributed by atoms with E-state index < -0.39 is 23.8 Å². The zero-order chi connectivity index (χ0) is 12.3. The van der Waals surface area contributed by atoms with E-state index in [0.717, 1.165) is 0 Å². The number of hydrogen-bond donors (Lipinski definition) is 3. The summed E-state index contributed by atoms with van der Waals surface area (Å²) in [5, 5.41) is 14.6. The third-order valence-electron chi connectivity index (χ3n) is 2.08. The largest absolute Gasteiger partial charge is 0.444 e. The lowest BCUT2D eigenvalue weighted by Gasteiger charge is -2.29. The van der Waals surface area contributed by atoms with Gasteiger partial charge in [-0.25, -0.2) is 4.79 Å². The summed E-state index contributed by atoms with van der Waals surface area (Å²) in [5.41, 5.74) is -0.576. The Morgan fingerprint density at radius 3 is 2.69 bits per heavy atom. The van der Waals surface area contributed by atoms with Gasteiger partial charge in [-0.05, 0) is 20.8 Å². The molecule has 1 rings (SSSR count). The lowest BCUT2D eigenvalue weighted by atomic mass is 10.0. The van der Waals surface area contributed by atoms with Gasteiger partial charge in [-0.1, -0.05) is 0 Å². The van der Waals surface area contributed by atoms with Crippen LogP contribution < -0.4 is 10.6 Å². The van der Waals surface area contributed by atoms with Crippen LogP contribution in [0.1, 0.15) is 27.2 Å². The number of nitrogens with one attached hydrogen (secondary N) is 2. The second kappa shape index (κ2) is 4.69. The van der Waals surface area contributed by atoms with E-state index >= 15 is 0 Å². The Kier molecular flexibility index (Phi) is 3.74. The average molecular weight is 230 g/mol. The van der Waals surface area contributed by atoms with Crippen LogP contribution in [0.3, 0.4) is 0 Å². The van der Waals surface area contributed by atoms with E-state index in [1.54, 1.807) is 20.8 Å². The number of piperidine rings is 1. The molecule has 92 valence electrons. The highest BCUT2D eigenvalue weighted by atomic mass is 16.6. The second-order valence-electron chi connectivity index (χ2n) is 4.83. The molecule has 0 saturated carbocycles. The third kappa shape index (κ3) is 4.06. The quantitative estimate of drug-likeness (QED) is 0.580. The van der Waals surface area contributed by atoms with Gasteiger partial charge in [0.05, 0.1) is 18.6 Å². The summed E-state index contributed by atoms with van der Waals surface area (Å²) in [6.07, 6.45) is -1.45. The van der Waals surface area contributed by atoms with E-state index in [2.05, 4.69) is 10.6 Å². The predicted octanol–water partition coefficient (Wildman–Crippen LogP) is -0.240. The van der Waals surface area contributed by atoms with Crippen molar-refractivity contribution < 1.29 is 19.4 Å². The zero-order valence-electron chi connectivity index (χ0n) is 9.74. The van der Waals surface area contributed by atoms with Gasteiger partial charge in [0.25, 0.3) is 0 Å². The number of ether oxygens (including phenoxy) is 1. The normalized spacial score (nSPS) is 25.9. The molecule has 0 spiro atoms. The molecule has 0 bridgehead atoms. The summed E-state index contributed by atoms with van der Waals surface area (Å²) in [4.78, 5) is 22.3. The highest BCUT2D eigenvalue weighted by Crippen LogP contribution is 2.09. The molecule has 0 aliphatic carbocycles.